The van der Waals surface area contributed by atoms with Crippen molar-refractivity contribution in [2.75, 3.05) is 6.54 Å². The first kappa shape index (κ1) is 15.5. The Labute approximate surface area is 127 Å². The summed E-state index contributed by atoms with van der Waals surface area (Å²) in [6, 6.07) is 1.72. The Hall–Kier alpha value is -1.86. The van der Waals surface area contributed by atoms with E-state index in [1.54, 1.807) is 42.4 Å². The molecule has 6 nitrogen and oxygen atoms in total. The summed E-state index contributed by atoms with van der Waals surface area (Å²) in [6.07, 6.45) is 3.32. The highest BCUT2D eigenvalue weighted by Gasteiger charge is 2.25. The second kappa shape index (κ2) is 6.28. The molecule has 7 heteroatoms. The third-order valence-electron chi connectivity index (χ3n) is 3.30. The number of carbonyl (C=O) groups excluding carboxylic acids is 1. The summed E-state index contributed by atoms with van der Waals surface area (Å²) in [5, 5.41) is 21.8. The fourth-order valence-electron chi connectivity index (χ4n) is 1.86. The summed E-state index contributed by atoms with van der Waals surface area (Å²) in [6.45, 7) is 4.27. The van der Waals surface area contributed by atoms with Crippen LogP contribution >= 0.6 is 11.3 Å². The quantitative estimate of drug-likeness (QED) is 0.783. The lowest BCUT2D eigenvalue weighted by atomic mass is 10.00. The third kappa shape index (κ3) is 4.05. The average molecular weight is 308 g/mol. The van der Waals surface area contributed by atoms with Gasteiger partial charge in [-0.25, -0.2) is 4.79 Å². The van der Waals surface area contributed by atoms with Crippen molar-refractivity contribution in [3.63, 3.8) is 0 Å². The second-order valence-electron chi connectivity index (χ2n) is 5.24. The van der Waals surface area contributed by atoms with Gasteiger partial charge in [-0.3, -0.25) is 4.68 Å². The van der Waals surface area contributed by atoms with Crippen LogP contribution in [0.1, 0.15) is 22.9 Å². The Balaban J connectivity index is 1.82. The number of urea groups is 1. The molecule has 0 radical (unpaired) electrons. The average Bonchev–Trinajstić information content (AvgIpc) is 3.03. The van der Waals surface area contributed by atoms with E-state index >= 15 is 0 Å². The topological polar surface area (TPSA) is 79.2 Å². The van der Waals surface area contributed by atoms with E-state index in [1.807, 2.05) is 18.4 Å². The standard InChI is InChI=1S/C14H20N4O2S/c1-10-4-5-21-12(10)7-15-13(19)16-9-14(2,20)11-6-17-18(3)8-11/h4-6,8,20H,7,9H2,1-3H3,(H2,15,16,19)/t14-/m0/s1. The molecule has 2 rings (SSSR count). The number of hydrogen-bond acceptors (Lipinski definition) is 4. The zero-order chi connectivity index (χ0) is 15.5. The number of aromatic nitrogens is 2. The Morgan fingerprint density at radius 3 is 2.86 bits per heavy atom. The summed E-state index contributed by atoms with van der Waals surface area (Å²) in [5.41, 5.74) is 0.687. The molecule has 2 amide bonds. The molecule has 2 aromatic rings. The van der Waals surface area contributed by atoms with Gasteiger partial charge in [0.25, 0.3) is 0 Å². The van der Waals surface area contributed by atoms with Gasteiger partial charge in [-0.15, -0.1) is 11.3 Å². The van der Waals surface area contributed by atoms with E-state index < -0.39 is 5.60 Å². The van der Waals surface area contributed by atoms with Crippen LogP contribution in [-0.2, 0) is 19.2 Å². The molecule has 0 unspecified atom stereocenters. The van der Waals surface area contributed by atoms with Crippen molar-refractivity contribution in [1.82, 2.24) is 20.4 Å². The van der Waals surface area contributed by atoms with Crippen molar-refractivity contribution in [3.05, 3.63) is 39.8 Å². The Morgan fingerprint density at radius 1 is 1.52 bits per heavy atom. The van der Waals surface area contributed by atoms with Crippen molar-refractivity contribution in [2.45, 2.75) is 26.0 Å². The van der Waals surface area contributed by atoms with E-state index in [1.165, 1.54) is 5.56 Å². The fourth-order valence-corrected chi connectivity index (χ4v) is 2.71. The Morgan fingerprint density at radius 2 is 2.29 bits per heavy atom. The lowest BCUT2D eigenvalue weighted by molar-refractivity contribution is 0.0593. The molecule has 2 heterocycles. The zero-order valence-corrected chi connectivity index (χ0v) is 13.2. The Bertz CT molecular complexity index is 618. The summed E-state index contributed by atoms with van der Waals surface area (Å²) >= 11 is 1.61. The molecule has 3 N–H and O–H groups in total. The minimum Gasteiger partial charge on any atom is -0.383 e. The lowest BCUT2D eigenvalue weighted by Crippen LogP contribution is -2.43. The van der Waals surface area contributed by atoms with Gasteiger partial charge in [-0.2, -0.15) is 5.10 Å². The predicted octanol–water partition coefficient (Wildman–Crippen LogP) is 1.50. The first-order valence-corrected chi connectivity index (χ1v) is 7.52. The molecule has 0 fully saturated rings. The van der Waals surface area contributed by atoms with Crippen molar-refractivity contribution in [1.29, 1.82) is 0 Å². The molecule has 0 aliphatic carbocycles. The molecular formula is C14H20N4O2S. The molecule has 0 aliphatic heterocycles. The number of amides is 2. The van der Waals surface area contributed by atoms with Gasteiger partial charge in [0.2, 0.25) is 0 Å². The number of rotatable bonds is 5. The van der Waals surface area contributed by atoms with Crippen LogP contribution in [0.15, 0.2) is 23.8 Å². The molecule has 0 spiro atoms. The molecule has 21 heavy (non-hydrogen) atoms. The number of nitrogens with zero attached hydrogens (tertiary/aromatic N) is 2. The van der Waals surface area contributed by atoms with Crippen LogP contribution in [0.4, 0.5) is 4.79 Å². The van der Waals surface area contributed by atoms with Crippen LogP contribution in [0.2, 0.25) is 0 Å². The van der Waals surface area contributed by atoms with Gasteiger partial charge >= 0.3 is 6.03 Å². The number of aryl methyl sites for hydroxylation is 2. The predicted molar refractivity (Wildman–Crippen MR) is 82.1 cm³/mol. The Kier molecular flexibility index (Phi) is 4.64. The first-order valence-electron chi connectivity index (χ1n) is 6.64. The highest BCUT2D eigenvalue weighted by Crippen LogP contribution is 2.18. The van der Waals surface area contributed by atoms with Gasteiger partial charge in [0.15, 0.2) is 0 Å². The van der Waals surface area contributed by atoms with Gasteiger partial charge in [0.1, 0.15) is 5.60 Å². The van der Waals surface area contributed by atoms with E-state index in [0.717, 1.165) is 4.88 Å². The van der Waals surface area contributed by atoms with Crippen LogP contribution in [0.3, 0.4) is 0 Å². The number of nitrogens with one attached hydrogen (secondary N) is 2. The van der Waals surface area contributed by atoms with E-state index in [0.29, 0.717) is 12.1 Å². The normalized spacial score (nSPS) is 13.7. The van der Waals surface area contributed by atoms with Gasteiger partial charge in [0, 0.05) is 23.7 Å². The van der Waals surface area contributed by atoms with Crippen LogP contribution < -0.4 is 10.6 Å². The minimum absolute atomic E-state index is 0.119. The number of carbonyl (C=O) groups is 1. The highest BCUT2D eigenvalue weighted by molar-refractivity contribution is 7.10. The molecule has 0 aromatic carbocycles. The smallest absolute Gasteiger partial charge is 0.315 e. The highest BCUT2D eigenvalue weighted by atomic mass is 32.1. The number of hydrogen-bond donors (Lipinski definition) is 3. The summed E-state index contributed by atoms with van der Waals surface area (Å²) < 4.78 is 1.61. The molecule has 114 valence electrons. The molecule has 1 atom stereocenters. The van der Waals surface area contributed by atoms with Gasteiger partial charge in [0.05, 0.1) is 19.3 Å². The monoisotopic (exact) mass is 308 g/mol. The molecule has 0 saturated carbocycles. The maximum Gasteiger partial charge on any atom is 0.315 e. The maximum atomic E-state index is 11.8. The molecular weight excluding hydrogens is 288 g/mol. The fraction of sp³-hybridized carbons (Fsp3) is 0.429. The van der Waals surface area contributed by atoms with Gasteiger partial charge < -0.3 is 15.7 Å². The minimum atomic E-state index is -1.15. The first-order chi connectivity index (χ1) is 9.88. The van der Waals surface area contributed by atoms with Crippen molar-refractivity contribution in [3.8, 4) is 0 Å². The van der Waals surface area contributed by atoms with Crippen molar-refractivity contribution < 1.29 is 9.90 Å². The molecule has 0 aliphatic rings. The van der Waals surface area contributed by atoms with E-state index in [-0.39, 0.29) is 12.6 Å². The third-order valence-corrected chi connectivity index (χ3v) is 4.32. The van der Waals surface area contributed by atoms with E-state index in [2.05, 4.69) is 15.7 Å². The van der Waals surface area contributed by atoms with Crippen molar-refractivity contribution in [2.24, 2.45) is 7.05 Å². The summed E-state index contributed by atoms with van der Waals surface area (Å²) in [7, 11) is 1.78. The van der Waals surface area contributed by atoms with Crippen LogP contribution in [-0.4, -0.2) is 27.5 Å². The largest absolute Gasteiger partial charge is 0.383 e. The molecule has 0 saturated heterocycles. The summed E-state index contributed by atoms with van der Waals surface area (Å²) in [5.74, 6) is 0. The van der Waals surface area contributed by atoms with E-state index in [9.17, 15) is 9.90 Å². The zero-order valence-electron chi connectivity index (χ0n) is 12.4. The maximum absolute atomic E-state index is 11.8. The van der Waals surface area contributed by atoms with E-state index in [4.69, 9.17) is 0 Å². The number of aliphatic hydroxyl groups is 1. The van der Waals surface area contributed by atoms with Gasteiger partial charge in [-0.05, 0) is 30.9 Å². The van der Waals surface area contributed by atoms with Crippen molar-refractivity contribution >= 4 is 17.4 Å². The number of thiophene rings is 1. The van der Waals surface area contributed by atoms with Crippen LogP contribution in [0.5, 0.6) is 0 Å². The summed E-state index contributed by atoms with van der Waals surface area (Å²) in [4.78, 5) is 12.9. The van der Waals surface area contributed by atoms with Crippen LogP contribution in [0, 0.1) is 6.92 Å². The van der Waals surface area contributed by atoms with Gasteiger partial charge in [-0.1, -0.05) is 0 Å². The lowest BCUT2D eigenvalue weighted by Gasteiger charge is -2.22. The molecule has 2 aromatic heterocycles. The van der Waals surface area contributed by atoms with Crippen LogP contribution in [0.25, 0.3) is 0 Å². The second-order valence-corrected chi connectivity index (χ2v) is 6.24. The SMILES string of the molecule is Cc1ccsc1CNC(=O)NC[C@](C)(O)c1cnn(C)c1. The molecule has 0 bridgehead atoms.